The monoisotopic (exact) mass is 222 g/mol. The molecular weight excluding hydrogens is 212 g/mol. The lowest BCUT2D eigenvalue weighted by Crippen LogP contribution is -2.23. The third kappa shape index (κ3) is 1.41. The molecule has 0 amide bonds. The van der Waals surface area contributed by atoms with E-state index in [1.165, 1.54) is 0 Å². The molecule has 1 aromatic rings. The van der Waals surface area contributed by atoms with E-state index in [0.717, 1.165) is 11.1 Å². The lowest BCUT2D eigenvalue weighted by molar-refractivity contribution is -0.111. The average molecular weight is 222 g/mol. The Balaban J connectivity index is 2.32. The van der Waals surface area contributed by atoms with Gasteiger partial charge in [0.05, 0.1) is 0 Å². The first-order valence-corrected chi connectivity index (χ1v) is 5.54. The van der Waals surface area contributed by atoms with Crippen LogP contribution in [-0.4, -0.2) is 11.6 Å². The Morgan fingerprint density at radius 3 is 2.47 bits per heavy atom. The largest absolute Gasteiger partial charge is 0.285 e. The predicted octanol–water partition coefficient (Wildman–Crippen LogP) is 2.72. The Morgan fingerprint density at radius 1 is 0.882 bits per heavy atom. The minimum Gasteiger partial charge on any atom is -0.285 e. The van der Waals surface area contributed by atoms with Gasteiger partial charge in [-0.1, -0.05) is 48.6 Å². The zero-order valence-corrected chi connectivity index (χ0v) is 9.14. The van der Waals surface area contributed by atoms with Crippen LogP contribution in [0, 0.1) is 0 Å². The number of Topliss-reactive ketones (excluding diaryl/α,β-unsaturated/α-hetero) is 2. The minimum atomic E-state index is -0.386. The number of fused-ring (bicyclic) bond motifs is 2. The first-order valence-electron chi connectivity index (χ1n) is 5.54. The maximum Gasteiger partial charge on any atom is 0.233 e. The number of hydrogen-bond donors (Lipinski definition) is 0. The van der Waals surface area contributed by atoms with Crippen molar-refractivity contribution in [2.75, 3.05) is 0 Å². The summed E-state index contributed by atoms with van der Waals surface area (Å²) in [7, 11) is 0. The Bertz CT molecular complexity index is 616. The van der Waals surface area contributed by atoms with Crippen LogP contribution in [0.5, 0.6) is 0 Å². The van der Waals surface area contributed by atoms with Crippen molar-refractivity contribution in [1.82, 2.24) is 0 Å². The maximum absolute atomic E-state index is 12.0. The van der Waals surface area contributed by atoms with Crippen LogP contribution in [0.4, 0.5) is 0 Å². The molecule has 0 heterocycles. The van der Waals surface area contributed by atoms with Crippen LogP contribution in [0.3, 0.4) is 0 Å². The van der Waals surface area contributed by atoms with Crippen molar-refractivity contribution in [2.24, 2.45) is 0 Å². The number of ketones is 2. The second-order valence-electron chi connectivity index (χ2n) is 4.09. The van der Waals surface area contributed by atoms with Crippen LogP contribution >= 0.6 is 0 Å². The summed E-state index contributed by atoms with van der Waals surface area (Å²) in [5.74, 6) is -0.752. The summed E-state index contributed by atoms with van der Waals surface area (Å²) >= 11 is 0. The van der Waals surface area contributed by atoms with Gasteiger partial charge >= 0.3 is 0 Å². The van der Waals surface area contributed by atoms with E-state index in [1.54, 1.807) is 12.1 Å². The van der Waals surface area contributed by atoms with Gasteiger partial charge in [0.1, 0.15) is 0 Å². The molecule has 0 atom stereocenters. The highest BCUT2D eigenvalue weighted by Crippen LogP contribution is 2.33. The van der Waals surface area contributed by atoms with Crippen LogP contribution < -0.4 is 0 Å². The van der Waals surface area contributed by atoms with Gasteiger partial charge in [-0.25, -0.2) is 0 Å². The molecule has 1 aromatic carbocycles. The first kappa shape index (κ1) is 9.97. The lowest BCUT2D eigenvalue weighted by atomic mass is 9.83. The number of allylic oxidation sites excluding steroid dienone is 6. The lowest BCUT2D eigenvalue weighted by Gasteiger charge is -2.18. The number of rotatable bonds is 0. The van der Waals surface area contributed by atoms with E-state index in [9.17, 15) is 9.59 Å². The van der Waals surface area contributed by atoms with Crippen molar-refractivity contribution in [2.45, 2.75) is 6.42 Å². The summed E-state index contributed by atoms with van der Waals surface area (Å²) in [6.07, 6.45) is 8.14. The number of carbonyl (C=O) groups is 2. The van der Waals surface area contributed by atoms with Gasteiger partial charge in [-0.2, -0.15) is 0 Å². The molecule has 0 radical (unpaired) electrons. The predicted molar refractivity (Wildman–Crippen MR) is 65.6 cm³/mol. The Morgan fingerprint density at radius 2 is 1.65 bits per heavy atom. The van der Waals surface area contributed by atoms with E-state index >= 15 is 0 Å². The molecule has 0 fully saturated rings. The highest BCUT2D eigenvalue weighted by Gasteiger charge is 2.30. The fourth-order valence-electron chi connectivity index (χ4n) is 2.27. The van der Waals surface area contributed by atoms with E-state index in [1.807, 2.05) is 36.4 Å². The van der Waals surface area contributed by atoms with Crippen molar-refractivity contribution in [3.05, 3.63) is 65.3 Å². The van der Waals surface area contributed by atoms with Crippen LogP contribution in [0.2, 0.25) is 0 Å². The standard InChI is InChI=1S/C15H10O2/c16-14-12-8-3-1-2-6-10(12)11-7-4-5-9-13(11)15(14)17/h1-7,9H,8H2. The topological polar surface area (TPSA) is 34.1 Å². The molecule has 0 unspecified atom stereocenters. The molecule has 82 valence electrons. The van der Waals surface area contributed by atoms with E-state index < -0.39 is 0 Å². The molecule has 0 bridgehead atoms. The zero-order valence-electron chi connectivity index (χ0n) is 9.14. The Labute approximate surface area is 99.0 Å². The van der Waals surface area contributed by atoms with E-state index in [2.05, 4.69) is 0 Å². The third-order valence-corrected chi connectivity index (χ3v) is 3.10. The summed E-state index contributed by atoms with van der Waals surface area (Å²) in [5.41, 5.74) is 2.88. The van der Waals surface area contributed by atoms with Gasteiger partial charge < -0.3 is 0 Å². The normalized spacial score (nSPS) is 17.9. The molecule has 0 spiro atoms. The van der Waals surface area contributed by atoms with Gasteiger partial charge in [0, 0.05) is 11.1 Å². The van der Waals surface area contributed by atoms with Crippen LogP contribution in [0.25, 0.3) is 5.57 Å². The highest BCUT2D eigenvalue weighted by atomic mass is 16.2. The molecule has 2 aliphatic carbocycles. The summed E-state index contributed by atoms with van der Waals surface area (Å²) in [4.78, 5) is 24.0. The highest BCUT2D eigenvalue weighted by molar-refractivity contribution is 6.52. The smallest absolute Gasteiger partial charge is 0.233 e. The molecule has 0 N–H and O–H groups in total. The Hall–Kier alpha value is -2.22. The van der Waals surface area contributed by atoms with Crippen molar-refractivity contribution in [3.8, 4) is 0 Å². The summed E-state index contributed by atoms with van der Waals surface area (Å²) in [6, 6.07) is 7.28. The van der Waals surface area contributed by atoms with Crippen molar-refractivity contribution >= 4 is 17.1 Å². The SMILES string of the molecule is O=C1C(=O)c2ccccc2C2=C1CC=CC=C2. The van der Waals surface area contributed by atoms with E-state index in [-0.39, 0.29) is 11.6 Å². The van der Waals surface area contributed by atoms with Crippen molar-refractivity contribution in [3.63, 3.8) is 0 Å². The second-order valence-corrected chi connectivity index (χ2v) is 4.09. The summed E-state index contributed by atoms with van der Waals surface area (Å²) in [6.45, 7) is 0. The fourth-order valence-corrected chi connectivity index (χ4v) is 2.27. The van der Waals surface area contributed by atoms with Crippen molar-refractivity contribution < 1.29 is 9.59 Å². The van der Waals surface area contributed by atoms with Gasteiger partial charge in [-0.05, 0) is 17.6 Å². The number of carbonyl (C=O) groups excluding carboxylic acids is 2. The quantitative estimate of drug-likeness (QED) is 0.632. The summed E-state index contributed by atoms with van der Waals surface area (Å²) < 4.78 is 0. The molecule has 0 saturated carbocycles. The summed E-state index contributed by atoms with van der Waals surface area (Å²) in [5, 5.41) is 0. The number of hydrogen-bond acceptors (Lipinski definition) is 2. The minimum absolute atomic E-state index is 0.366. The van der Waals surface area contributed by atoms with Gasteiger partial charge in [0.25, 0.3) is 0 Å². The molecule has 0 saturated heterocycles. The molecule has 3 rings (SSSR count). The van der Waals surface area contributed by atoms with Gasteiger partial charge in [-0.3, -0.25) is 9.59 Å². The molecule has 2 heteroatoms. The fraction of sp³-hybridized carbons (Fsp3) is 0.0667. The van der Waals surface area contributed by atoms with E-state index in [0.29, 0.717) is 17.6 Å². The third-order valence-electron chi connectivity index (χ3n) is 3.10. The number of benzene rings is 1. The molecule has 0 aromatic heterocycles. The second kappa shape index (κ2) is 3.67. The van der Waals surface area contributed by atoms with Crippen molar-refractivity contribution in [1.29, 1.82) is 0 Å². The average Bonchev–Trinajstić information content (AvgIpc) is 2.62. The first-order chi connectivity index (χ1) is 8.29. The van der Waals surface area contributed by atoms with Crippen LogP contribution in [-0.2, 0) is 4.79 Å². The Kier molecular flexibility index (Phi) is 2.15. The van der Waals surface area contributed by atoms with Gasteiger partial charge in [0.15, 0.2) is 0 Å². The molecular formula is C15H10O2. The van der Waals surface area contributed by atoms with Crippen LogP contribution in [0.15, 0.2) is 54.1 Å². The molecule has 0 aliphatic heterocycles. The zero-order chi connectivity index (χ0) is 11.8. The van der Waals surface area contributed by atoms with Crippen LogP contribution in [0.1, 0.15) is 22.3 Å². The van der Waals surface area contributed by atoms with Gasteiger partial charge in [0.2, 0.25) is 11.6 Å². The molecule has 17 heavy (non-hydrogen) atoms. The molecule has 2 nitrogen and oxygen atoms in total. The van der Waals surface area contributed by atoms with Gasteiger partial charge in [-0.15, -0.1) is 0 Å². The molecule has 2 aliphatic rings. The van der Waals surface area contributed by atoms with E-state index in [4.69, 9.17) is 0 Å². The maximum atomic E-state index is 12.0.